The summed E-state index contributed by atoms with van der Waals surface area (Å²) in [7, 11) is 0. The summed E-state index contributed by atoms with van der Waals surface area (Å²) in [6.45, 7) is 0. The number of benzene rings is 1. The van der Waals surface area contributed by atoms with Crippen molar-refractivity contribution in [1.82, 2.24) is 4.98 Å². The Bertz CT molecular complexity index is 578. The highest BCUT2D eigenvalue weighted by Gasteiger charge is 2.09. The lowest BCUT2D eigenvalue weighted by molar-refractivity contribution is 0.420. The van der Waals surface area contributed by atoms with E-state index in [-0.39, 0.29) is 0 Å². The molecule has 1 N–H and O–H groups in total. The molecule has 1 aromatic heterocycles. The molecule has 1 aromatic carbocycles. The predicted octanol–water partition coefficient (Wildman–Crippen LogP) is 4.92. The summed E-state index contributed by atoms with van der Waals surface area (Å²) < 4.78 is 0. The van der Waals surface area contributed by atoms with Crippen LogP contribution in [0.5, 0.6) is 0 Å². The van der Waals surface area contributed by atoms with Crippen molar-refractivity contribution in [2.45, 2.75) is 32.1 Å². The normalized spacial score (nSPS) is 16.4. The van der Waals surface area contributed by atoms with E-state index in [4.69, 9.17) is 0 Å². The number of H-pyrrole nitrogens is 1. The van der Waals surface area contributed by atoms with Gasteiger partial charge in [0, 0.05) is 11.7 Å². The van der Waals surface area contributed by atoms with Crippen molar-refractivity contribution in [3.63, 3.8) is 0 Å². The van der Waals surface area contributed by atoms with Crippen molar-refractivity contribution in [3.05, 3.63) is 47.8 Å². The first-order valence-electron chi connectivity index (χ1n) is 6.91. The predicted molar refractivity (Wildman–Crippen MR) is 77.4 cm³/mol. The second kappa shape index (κ2) is 5.29. The summed E-state index contributed by atoms with van der Waals surface area (Å²) >= 11 is 0. The highest BCUT2D eigenvalue weighted by molar-refractivity contribution is 5.81. The molecular formula is C17H19N. The van der Waals surface area contributed by atoms with E-state index in [1.807, 2.05) is 6.20 Å². The summed E-state index contributed by atoms with van der Waals surface area (Å²) in [6, 6.07) is 8.58. The van der Waals surface area contributed by atoms with E-state index in [9.17, 15) is 0 Å². The number of rotatable bonds is 2. The molecule has 18 heavy (non-hydrogen) atoms. The molecule has 1 fully saturated rings. The van der Waals surface area contributed by atoms with Gasteiger partial charge in [-0.15, -0.1) is 5.73 Å². The number of aromatic amines is 1. The molecule has 0 bridgehead atoms. The Morgan fingerprint density at radius 1 is 1.11 bits per heavy atom. The summed E-state index contributed by atoms with van der Waals surface area (Å²) in [5, 5.41) is 1.27. The van der Waals surface area contributed by atoms with Crippen molar-refractivity contribution in [2.24, 2.45) is 5.92 Å². The van der Waals surface area contributed by atoms with Crippen LogP contribution in [-0.2, 0) is 0 Å². The van der Waals surface area contributed by atoms with E-state index in [2.05, 4.69) is 47.1 Å². The Hall–Kier alpha value is -1.72. The zero-order valence-electron chi connectivity index (χ0n) is 10.7. The maximum atomic E-state index is 3.37. The number of hydrogen-bond donors (Lipinski definition) is 1. The Balaban J connectivity index is 1.75. The molecule has 1 aliphatic rings. The van der Waals surface area contributed by atoms with Crippen molar-refractivity contribution >= 4 is 17.0 Å². The van der Waals surface area contributed by atoms with Gasteiger partial charge >= 0.3 is 0 Å². The molecule has 1 heteroatoms. The third-order valence-corrected chi connectivity index (χ3v) is 3.81. The maximum Gasteiger partial charge on any atom is 0.0454 e. The highest BCUT2D eigenvalue weighted by Crippen LogP contribution is 2.24. The monoisotopic (exact) mass is 237 g/mol. The van der Waals surface area contributed by atoms with Crippen molar-refractivity contribution in [3.8, 4) is 0 Å². The first-order valence-corrected chi connectivity index (χ1v) is 6.91. The van der Waals surface area contributed by atoms with Crippen molar-refractivity contribution in [2.75, 3.05) is 0 Å². The van der Waals surface area contributed by atoms with Crippen LogP contribution in [-0.4, -0.2) is 4.98 Å². The van der Waals surface area contributed by atoms with Crippen LogP contribution in [0.4, 0.5) is 0 Å². The molecule has 3 rings (SSSR count). The standard InChI is InChI=1S/C17H19N/c1-2-5-14(6-3-1)7-4-8-15-9-10-17-16(13-15)11-12-18-17/h7-14,18H,1-3,5-6H2. The molecule has 0 saturated heterocycles. The SMILES string of the molecule is C(=Cc1ccc2[nH]ccc2c1)=CC1CCCCC1. The minimum Gasteiger partial charge on any atom is -0.361 e. The minimum atomic E-state index is 0.756. The molecule has 0 radical (unpaired) electrons. The van der Waals surface area contributed by atoms with Gasteiger partial charge in [0.1, 0.15) is 0 Å². The van der Waals surface area contributed by atoms with Gasteiger partial charge in [-0.25, -0.2) is 0 Å². The largest absolute Gasteiger partial charge is 0.361 e. The van der Waals surface area contributed by atoms with Crippen LogP contribution in [0.25, 0.3) is 17.0 Å². The summed E-state index contributed by atoms with van der Waals surface area (Å²) in [6.07, 6.45) is 13.2. The molecule has 1 heterocycles. The lowest BCUT2D eigenvalue weighted by Crippen LogP contribution is -2.01. The molecular weight excluding hydrogens is 218 g/mol. The van der Waals surface area contributed by atoms with Gasteiger partial charge in [-0.3, -0.25) is 0 Å². The summed E-state index contributed by atoms with van der Waals surface area (Å²) in [5.74, 6) is 0.756. The van der Waals surface area contributed by atoms with Crippen LogP contribution in [0.3, 0.4) is 0 Å². The molecule has 0 unspecified atom stereocenters. The average Bonchev–Trinajstić information content (AvgIpc) is 2.87. The molecule has 92 valence electrons. The molecule has 0 amide bonds. The van der Waals surface area contributed by atoms with Crippen molar-refractivity contribution in [1.29, 1.82) is 0 Å². The number of fused-ring (bicyclic) bond motifs is 1. The minimum absolute atomic E-state index is 0.756. The Kier molecular flexibility index (Phi) is 3.34. The van der Waals surface area contributed by atoms with E-state index >= 15 is 0 Å². The van der Waals surface area contributed by atoms with Gasteiger partial charge < -0.3 is 4.98 Å². The molecule has 0 atom stereocenters. The van der Waals surface area contributed by atoms with Gasteiger partial charge in [-0.05, 0) is 60.1 Å². The lowest BCUT2D eigenvalue weighted by atomic mass is 9.89. The van der Waals surface area contributed by atoms with E-state index in [1.54, 1.807) is 0 Å². The fourth-order valence-electron chi connectivity index (χ4n) is 2.74. The molecule has 1 aliphatic carbocycles. The zero-order valence-corrected chi connectivity index (χ0v) is 10.7. The van der Waals surface area contributed by atoms with E-state index in [0.29, 0.717) is 0 Å². The fraction of sp³-hybridized carbons (Fsp3) is 0.353. The molecule has 0 spiro atoms. The highest BCUT2D eigenvalue weighted by atomic mass is 14.7. The third-order valence-electron chi connectivity index (χ3n) is 3.81. The second-order valence-electron chi connectivity index (χ2n) is 5.20. The topological polar surface area (TPSA) is 15.8 Å². The van der Waals surface area contributed by atoms with Crippen LogP contribution in [0.2, 0.25) is 0 Å². The lowest BCUT2D eigenvalue weighted by Gasteiger charge is -2.16. The Morgan fingerprint density at radius 2 is 2.00 bits per heavy atom. The maximum absolute atomic E-state index is 3.37. The average molecular weight is 237 g/mol. The zero-order chi connectivity index (χ0) is 12.2. The van der Waals surface area contributed by atoms with Crippen LogP contribution in [0, 0.1) is 5.92 Å². The van der Waals surface area contributed by atoms with Crippen LogP contribution >= 0.6 is 0 Å². The summed E-state index contributed by atoms with van der Waals surface area (Å²) in [5.41, 5.74) is 5.80. The molecule has 0 aliphatic heterocycles. The Morgan fingerprint density at radius 3 is 2.89 bits per heavy atom. The van der Waals surface area contributed by atoms with Gasteiger partial charge in [-0.1, -0.05) is 25.3 Å². The van der Waals surface area contributed by atoms with Gasteiger partial charge in [0.15, 0.2) is 0 Å². The van der Waals surface area contributed by atoms with Crippen molar-refractivity contribution < 1.29 is 0 Å². The number of aromatic nitrogens is 1. The smallest absolute Gasteiger partial charge is 0.0454 e. The molecule has 1 saturated carbocycles. The van der Waals surface area contributed by atoms with Gasteiger partial charge in [0.25, 0.3) is 0 Å². The second-order valence-corrected chi connectivity index (χ2v) is 5.20. The quantitative estimate of drug-likeness (QED) is 0.714. The summed E-state index contributed by atoms with van der Waals surface area (Å²) in [4.78, 5) is 3.21. The van der Waals surface area contributed by atoms with Gasteiger partial charge in [-0.2, -0.15) is 0 Å². The molecule has 1 nitrogen and oxygen atoms in total. The number of hydrogen-bond acceptors (Lipinski definition) is 0. The van der Waals surface area contributed by atoms with Crippen LogP contribution < -0.4 is 0 Å². The molecule has 2 aromatic rings. The van der Waals surface area contributed by atoms with Crippen LogP contribution in [0.15, 0.2) is 42.3 Å². The number of allylic oxidation sites excluding steroid dienone is 1. The van der Waals surface area contributed by atoms with E-state index < -0.39 is 0 Å². The Labute approximate surface area is 108 Å². The van der Waals surface area contributed by atoms with Gasteiger partial charge in [0.2, 0.25) is 0 Å². The fourth-order valence-corrected chi connectivity index (χ4v) is 2.74. The first kappa shape index (κ1) is 11.4. The van der Waals surface area contributed by atoms with Gasteiger partial charge in [0.05, 0.1) is 0 Å². The van der Waals surface area contributed by atoms with Crippen LogP contribution in [0.1, 0.15) is 37.7 Å². The first-order chi connectivity index (χ1) is 8.92. The van der Waals surface area contributed by atoms with E-state index in [0.717, 1.165) is 5.92 Å². The third kappa shape index (κ3) is 2.57. The number of nitrogens with one attached hydrogen (secondary N) is 1. The van der Waals surface area contributed by atoms with E-state index in [1.165, 1.54) is 48.6 Å².